The molecular formula is C93H92N6O3. The van der Waals surface area contributed by atoms with Gasteiger partial charge in [0.15, 0.2) is 0 Å². The molecule has 0 aliphatic heterocycles. The van der Waals surface area contributed by atoms with E-state index in [-0.39, 0.29) is 10.8 Å². The van der Waals surface area contributed by atoms with Crippen LogP contribution >= 0.6 is 0 Å². The van der Waals surface area contributed by atoms with Crippen LogP contribution in [0.15, 0.2) is 250 Å². The molecule has 9 aromatic carbocycles. The van der Waals surface area contributed by atoms with Crippen molar-refractivity contribution in [1.29, 1.82) is 10.5 Å². The van der Waals surface area contributed by atoms with Crippen LogP contribution in [0.3, 0.4) is 0 Å². The zero-order chi connectivity index (χ0) is 74.1. The molecule has 9 nitrogen and oxygen atoms in total. The third-order valence-corrected chi connectivity index (χ3v) is 15.9. The van der Waals surface area contributed by atoms with E-state index in [1.54, 1.807) is 18.2 Å². The Morgan fingerprint density at radius 3 is 1.37 bits per heavy atom. The molecule has 0 fully saturated rings. The number of aryl methyl sites for hydroxylation is 11. The lowest BCUT2D eigenvalue weighted by Gasteiger charge is -2.18. The summed E-state index contributed by atoms with van der Waals surface area (Å²) >= 11 is 0. The van der Waals surface area contributed by atoms with Crippen molar-refractivity contribution in [3.05, 3.63) is 332 Å². The minimum absolute atomic E-state index is 0.0632. The third-order valence-electron chi connectivity index (χ3n) is 15.9. The summed E-state index contributed by atoms with van der Waals surface area (Å²) in [6.45, 7) is 35.3. The topological polar surface area (TPSA) is 139 Å². The van der Waals surface area contributed by atoms with E-state index in [1.165, 1.54) is 65.7 Å². The van der Waals surface area contributed by atoms with E-state index in [4.69, 9.17) is 36.6 Å². The van der Waals surface area contributed by atoms with Crippen LogP contribution in [0.5, 0.6) is 0 Å². The van der Waals surface area contributed by atoms with E-state index in [0.29, 0.717) is 5.56 Å². The Morgan fingerprint density at radius 1 is 0.333 bits per heavy atom. The van der Waals surface area contributed by atoms with Gasteiger partial charge in [-0.1, -0.05) is 180 Å². The molecule has 15 rings (SSSR count). The molecule has 0 radical (unpaired) electrons. The van der Waals surface area contributed by atoms with Gasteiger partial charge in [0.1, 0.15) is 39.3 Å². The molecular weight excluding hydrogens is 1250 g/mol. The van der Waals surface area contributed by atoms with Crippen LogP contribution in [0.1, 0.15) is 137 Å². The fourth-order valence-corrected chi connectivity index (χ4v) is 10.8. The van der Waals surface area contributed by atoms with Crippen LogP contribution < -0.4 is 0 Å². The second-order valence-electron chi connectivity index (χ2n) is 27.2. The molecule has 0 aliphatic rings. The number of hydrogen-bond donors (Lipinski definition) is 0. The first-order chi connectivity index (χ1) is 48.7. The lowest BCUT2D eigenvalue weighted by Crippen LogP contribution is -2.15. The number of terminal acetylenes is 2. The van der Waals surface area contributed by atoms with Crippen molar-refractivity contribution in [2.24, 2.45) is 0 Å². The zero-order valence-corrected chi connectivity index (χ0v) is 62.1. The van der Waals surface area contributed by atoms with Crippen molar-refractivity contribution in [3.63, 3.8) is 0 Å². The van der Waals surface area contributed by atoms with Gasteiger partial charge in [-0.2, -0.15) is 10.5 Å². The first kappa shape index (κ1) is 77.2. The van der Waals surface area contributed by atoms with E-state index in [1.807, 2.05) is 194 Å². The van der Waals surface area contributed by atoms with Crippen molar-refractivity contribution in [1.82, 2.24) is 19.9 Å². The second kappa shape index (κ2) is 36.6. The quantitative estimate of drug-likeness (QED) is 0.136. The predicted octanol–water partition coefficient (Wildman–Crippen LogP) is 24.2. The molecule has 0 aliphatic carbocycles. The Kier molecular flexibility index (Phi) is 27.7. The van der Waals surface area contributed by atoms with Crippen molar-refractivity contribution in [3.8, 4) is 36.8 Å². The molecule has 0 spiro atoms. The van der Waals surface area contributed by atoms with E-state index in [2.05, 4.69) is 186 Å². The Labute approximate surface area is 603 Å². The Morgan fingerprint density at radius 2 is 0.814 bits per heavy atom. The first-order valence-electron chi connectivity index (χ1n) is 33.9. The molecule has 0 saturated carbocycles. The number of rotatable bonds is 0. The predicted molar refractivity (Wildman–Crippen MR) is 426 cm³/mol. The van der Waals surface area contributed by atoms with Crippen LogP contribution in [0.2, 0.25) is 0 Å². The van der Waals surface area contributed by atoms with Crippen molar-refractivity contribution in [2.75, 3.05) is 0 Å². The maximum atomic E-state index is 8.56. The lowest BCUT2D eigenvalue weighted by atomic mass is 9.87. The van der Waals surface area contributed by atoms with Crippen LogP contribution in [-0.2, 0) is 10.8 Å². The van der Waals surface area contributed by atoms with Gasteiger partial charge in [0.25, 0.3) is 0 Å². The number of nitrogens with zero attached hydrogens (tertiary/aromatic N) is 6. The van der Waals surface area contributed by atoms with E-state index < -0.39 is 0 Å². The number of hydrogen-bond acceptors (Lipinski definition) is 9. The Hall–Kier alpha value is -12.1. The van der Waals surface area contributed by atoms with Crippen molar-refractivity contribution >= 4 is 65.8 Å². The van der Waals surface area contributed by atoms with Gasteiger partial charge in [0.2, 0.25) is 0 Å². The number of nitriles is 2. The Bertz CT molecular complexity index is 5330. The Balaban J connectivity index is 0.000000162. The van der Waals surface area contributed by atoms with E-state index in [0.717, 1.165) is 89.8 Å². The minimum atomic E-state index is 0.0632. The van der Waals surface area contributed by atoms with Crippen molar-refractivity contribution in [2.45, 2.75) is 129 Å². The summed E-state index contributed by atoms with van der Waals surface area (Å²) in [5.74, 6) is 5.95. The van der Waals surface area contributed by atoms with Crippen LogP contribution in [0.25, 0.3) is 65.8 Å². The van der Waals surface area contributed by atoms with Crippen molar-refractivity contribution < 1.29 is 13.3 Å². The summed E-state index contributed by atoms with van der Waals surface area (Å²) in [4.78, 5) is 16.9. The number of furan rings is 3. The molecule has 6 aromatic heterocycles. The molecule has 0 amide bonds. The summed E-state index contributed by atoms with van der Waals surface area (Å²) in [7, 11) is 0. The van der Waals surface area contributed by atoms with Gasteiger partial charge in [0, 0.05) is 84.5 Å². The molecule has 6 heterocycles. The highest BCUT2D eigenvalue weighted by Crippen LogP contribution is 2.33. The number of fused-ring (bicyclic) bond motifs is 9. The zero-order valence-electron chi connectivity index (χ0n) is 62.1. The molecule has 0 N–H and O–H groups in total. The normalized spacial score (nSPS) is 10.4. The summed E-state index contributed by atoms with van der Waals surface area (Å²) in [6.07, 6.45) is 15.9. The molecule has 0 atom stereocenters. The SMILES string of the molecule is C#Cc1cc(C)cc(C#N)c1.C#Cc1ccc(C)cc1.Cc1cc(C(C)(C)C)ccn1.Cc1cc(C)nc(C)c1.Cc1ccc2oc3ccccc3c2c1.Cc1cccc(C#N)c1.Cc1cccc2c1oc1ccccc12.Cc1cccc2oc3ccccc3c12.Cc1cnc(C(C)(C)C)nc1. The average molecular weight is 1340 g/mol. The third kappa shape index (κ3) is 23.0. The molecule has 0 saturated heterocycles. The van der Waals surface area contributed by atoms with E-state index in [9.17, 15) is 0 Å². The maximum absolute atomic E-state index is 8.56. The van der Waals surface area contributed by atoms with Gasteiger partial charge in [0.05, 0.1) is 23.3 Å². The standard InChI is InChI=1S/3C13H10O.C10H15N.C10H7N.C9H14N2.C9H8.C8H11N.C8H7N/c1-9-5-4-7-11-10-6-2-3-8-12(10)14-13(9)11;1-9-5-4-8-12-13(9)10-6-2-3-7-11(10)14-12;1-9-6-7-13-11(8-9)10-4-2-3-5-12(10)14-13;1-8-7-9(5-6-11-8)10(2,3)4;1-3-9-4-8(2)5-10(6-9)7-11;1-7-5-10-8(11-6-7)9(2,3)4;1-3-9-6-4-8(2)5-7-9;1-6-4-7(2)9-8(3)5-6;1-7-3-2-4-8(5-7)6-9/h3*2-8H,1H3;5-7H,1-4H3;1,4-6H,2H3;5-6H,1-4H3;1,4-7H,2H3;4-5H,1-3H3;2-5H,1H3. The average Bonchev–Trinajstić information content (AvgIpc) is 1.65. The van der Waals surface area contributed by atoms with Gasteiger partial charge < -0.3 is 13.3 Å². The van der Waals surface area contributed by atoms with Gasteiger partial charge >= 0.3 is 0 Å². The fraction of sp³-hybridized carbons (Fsp3) is 0.204. The number of para-hydroxylation sites is 4. The number of aromatic nitrogens is 4. The fourth-order valence-electron chi connectivity index (χ4n) is 10.8. The highest BCUT2D eigenvalue weighted by atomic mass is 16.3. The van der Waals surface area contributed by atoms with Gasteiger partial charge in [-0.05, 0) is 224 Å². The highest BCUT2D eigenvalue weighted by molar-refractivity contribution is 6.07. The first-order valence-corrected chi connectivity index (χ1v) is 33.9. The lowest BCUT2D eigenvalue weighted by molar-refractivity contribution is 0.544. The van der Waals surface area contributed by atoms with Crippen LogP contribution in [0.4, 0.5) is 0 Å². The van der Waals surface area contributed by atoms with Crippen LogP contribution in [-0.4, -0.2) is 19.9 Å². The molecule has 0 bridgehead atoms. The highest BCUT2D eigenvalue weighted by Gasteiger charge is 2.16. The maximum Gasteiger partial charge on any atom is 0.138 e. The minimum Gasteiger partial charge on any atom is -0.456 e. The number of pyridine rings is 2. The molecule has 102 heavy (non-hydrogen) atoms. The molecule has 0 unspecified atom stereocenters. The van der Waals surface area contributed by atoms with E-state index >= 15 is 0 Å². The summed E-state index contributed by atoms with van der Waals surface area (Å²) in [5.41, 5.74) is 23.4. The summed E-state index contributed by atoms with van der Waals surface area (Å²) in [6, 6.07) is 76.4. The molecule has 512 valence electrons. The summed E-state index contributed by atoms with van der Waals surface area (Å²) < 4.78 is 17.2. The van der Waals surface area contributed by atoms with Gasteiger partial charge in [-0.15, -0.1) is 12.8 Å². The largest absolute Gasteiger partial charge is 0.456 e. The van der Waals surface area contributed by atoms with Crippen LogP contribution in [0, 0.1) is 124 Å². The molecule has 15 aromatic rings. The van der Waals surface area contributed by atoms with Gasteiger partial charge in [-0.25, -0.2) is 9.97 Å². The van der Waals surface area contributed by atoms with Gasteiger partial charge in [-0.3, -0.25) is 9.97 Å². The monoisotopic (exact) mass is 1340 g/mol. The molecule has 9 heteroatoms. The number of benzene rings is 9. The second-order valence-corrected chi connectivity index (χ2v) is 27.2. The smallest absolute Gasteiger partial charge is 0.138 e. The summed E-state index contributed by atoms with van der Waals surface area (Å²) in [5, 5.41) is 24.2.